The molecular formula is C5H5NO4P2S. The van der Waals surface area contributed by atoms with Crippen molar-refractivity contribution in [1.82, 2.24) is 4.90 Å². The predicted molar refractivity (Wildman–Crippen MR) is 50.1 cm³/mol. The van der Waals surface area contributed by atoms with Gasteiger partial charge in [0.2, 0.25) is 0 Å². The van der Waals surface area contributed by atoms with E-state index in [9.17, 15) is 13.9 Å². The van der Waals surface area contributed by atoms with Crippen molar-refractivity contribution in [2.24, 2.45) is 0 Å². The summed E-state index contributed by atoms with van der Waals surface area (Å²) in [6, 6.07) is -1.06. The van der Waals surface area contributed by atoms with Crippen molar-refractivity contribution < 1.29 is 19.0 Å². The van der Waals surface area contributed by atoms with Crippen LogP contribution in [0.2, 0.25) is 0 Å². The summed E-state index contributed by atoms with van der Waals surface area (Å²) >= 11 is 3.77. The molecule has 0 amide bonds. The van der Waals surface area contributed by atoms with E-state index in [1.807, 2.05) is 0 Å². The van der Waals surface area contributed by atoms with Crippen LogP contribution in [-0.4, -0.2) is 27.8 Å². The number of nitrogens with zero attached hydrogens (tertiary/aromatic N) is 1. The van der Waals surface area contributed by atoms with Crippen LogP contribution in [0.1, 0.15) is 0 Å². The Labute approximate surface area is 82.2 Å². The third-order valence-corrected chi connectivity index (χ3v) is 2.01. The van der Waals surface area contributed by atoms with Crippen LogP contribution < -0.4 is 0 Å². The average Bonchev–Trinajstić information content (AvgIpc) is 2.05. The number of carbonyl (C=O) groups is 1. The van der Waals surface area contributed by atoms with Crippen molar-refractivity contribution >= 4 is 34.4 Å². The first-order chi connectivity index (χ1) is 6.17. The van der Waals surface area contributed by atoms with Gasteiger partial charge in [-0.1, -0.05) is 0 Å². The topological polar surface area (TPSA) is 74.7 Å². The fraction of sp³-hybridized carbons (Fsp3) is 0.400. The fourth-order valence-corrected chi connectivity index (χ4v) is 1.47. The van der Waals surface area contributed by atoms with Gasteiger partial charge >= 0.3 is 81.7 Å². The molecule has 0 saturated heterocycles. The zero-order chi connectivity index (χ0) is 10.3. The van der Waals surface area contributed by atoms with E-state index < -0.39 is 27.8 Å². The number of aliphatic carboxylic acids is 1. The molecule has 0 aromatic rings. The molecule has 0 aliphatic heterocycles. The number of carboxylic acid groups (broad SMARTS) is 1. The second kappa shape index (κ2) is 7.23. The molecule has 0 aromatic heterocycles. The molecule has 0 unspecified atom stereocenters. The molecule has 0 aliphatic rings. The predicted octanol–water partition coefficient (Wildman–Crippen LogP) is 1.09. The van der Waals surface area contributed by atoms with E-state index in [0.717, 1.165) is 4.90 Å². The van der Waals surface area contributed by atoms with Crippen LogP contribution in [0.15, 0.2) is 0 Å². The summed E-state index contributed by atoms with van der Waals surface area (Å²) in [5.74, 6) is 3.03. The van der Waals surface area contributed by atoms with Gasteiger partial charge in [0.25, 0.3) is 0 Å². The van der Waals surface area contributed by atoms with Gasteiger partial charge in [0.1, 0.15) is 0 Å². The Morgan fingerprint density at radius 2 is 1.92 bits per heavy atom. The third kappa shape index (κ3) is 4.54. The molecule has 0 saturated carbocycles. The number of hydrogen-bond acceptors (Lipinski definition) is 5. The van der Waals surface area contributed by atoms with Gasteiger partial charge in [-0.15, -0.1) is 0 Å². The van der Waals surface area contributed by atoms with Gasteiger partial charge in [-0.05, 0) is 0 Å². The molecule has 8 heteroatoms. The first-order valence-corrected chi connectivity index (χ1v) is 5.22. The van der Waals surface area contributed by atoms with Crippen molar-refractivity contribution in [1.29, 1.82) is 0 Å². The number of hydrogen-bond donors (Lipinski definition) is 2. The molecule has 1 atom stereocenters. The van der Waals surface area contributed by atoms with Crippen LogP contribution in [0, 0.1) is 11.5 Å². The summed E-state index contributed by atoms with van der Waals surface area (Å²) in [6.07, 6.45) is 0. The zero-order valence-corrected chi connectivity index (χ0v) is 8.93. The molecule has 13 heavy (non-hydrogen) atoms. The quantitative estimate of drug-likeness (QED) is 0.436. The van der Waals surface area contributed by atoms with Crippen LogP contribution in [0.5, 0.6) is 0 Å². The summed E-state index contributed by atoms with van der Waals surface area (Å²) in [5, 5.41) is 8.62. The van der Waals surface area contributed by atoms with Crippen molar-refractivity contribution in [2.75, 3.05) is 5.75 Å². The van der Waals surface area contributed by atoms with E-state index in [2.05, 4.69) is 24.1 Å². The molecule has 5 nitrogen and oxygen atoms in total. The van der Waals surface area contributed by atoms with E-state index in [1.54, 1.807) is 0 Å². The van der Waals surface area contributed by atoms with Crippen LogP contribution in [0.4, 0.5) is 0 Å². The number of carboxylic acids is 1. The first kappa shape index (κ1) is 12.8. The maximum atomic E-state index is 10.5. The van der Waals surface area contributed by atoms with Crippen molar-refractivity contribution in [3.8, 4) is 11.5 Å². The number of thiol groups is 1. The van der Waals surface area contributed by atoms with Crippen LogP contribution in [-0.2, 0) is 13.9 Å². The average molecular weight is 237 g/mol. The van der Waals surface area contributed by atoms with E-state index in [0.29, 0.717) is 0 Å². The van der Waals surface area contributed by atoms with Gasteiger partial charge in [-0.3, -0.25) is 0 Å². The normalized spacial score (nSPS) is 11.2. The Morgan fingerprint density at radius 1 is 1.46 bits per heavy atom. The van der Waals surface area contributed by atoms with Gasteiger partial charge in [0, 0.05) is 0 Å². The van der Waals surface area contributed by atoms with Crippen molar-refractivity contribution in [3.05, 3.63) is 0 Å². The second-order valence-electron chi connectivity index (χ2n) is 1.79. The maximum absolute atomic E-state index is 10.5. The molecule has 0 fully saturated rings. The molecule has 0 bridgehead atoms. The Hall–Kier alpha value is -0.200. The van der Waals surface area contributed by atoms with Gasteiger partial charge in [0.05, 0.1) is 0 Å². The Balaban J connectivity index is 4.93. The van der Waals surface area contributed by atoms with Crippen LogP contribution >= 0.6 is 28.5 Å². The van der Waals surface area contributed by atoms with E-state index in [-0.39, 0.29) is 5.75 Å². The Kier molecular flexibility index (Phi) is 7.12. The summed E-state index contributed by atoms with van der Waals surface area (Å²) in [5.41, 5.74) is 0. The van der Waals surface area contributed by atoms with Crippen LogP contribution in [0.3, 0.4) is 0 Å². The van der Waals surface area contributed by atoms with Crippen molar-refractivity contribution in [3.63, 3.8) is 0 Å². The van der Waals surface area contributed by atoms with Gasteiger partial charge < -0.3 is 0 Å². The van der Waals surface area contributed by atoms with E-state index in [4.69, 9.17) is 5.11 Å². The molecule has 0 radical (unpaired) electrons. The first-order valence-electron chi connectivity index (χ1n) is 2.96. The summed E-state index contributed by atoms with van der Waals surface area (Å²) in [4.78, 5) is 11.4. The van der Waals surface area contributed by atoms with Gasteiger partial charge in [0.15, 0.2) is 0 Å². The minimum atomic E-state index is -1.18. The SMILES string of the molecule is O=P#CN(C#P=O)[C@@H](CS)C(=O)O. The standard InChI is InChI=1S/C5H5NO4P2S/c7-5(8)4(1-13)6(2-11-9)3-12-10/h4,13H,1H2,(H,7,8)/t4-/m0/s1. The molecule has 70 valence electrons. The van der Waals surface area contributed by atoms with Gasteiger partial charge in [-0.2, -0.15) is 0 Å². The van der Waals surface area contributed by atoms with E-state index >= 15 is 0 Å². The molecular weight excluding hydrogens is 232 g/mol. The molecule has 0 aromatic carbocycles. The van der Waals surface area contributed by atoms with Crippen LogP contribution in [0.25, 0.3) is 0 Å². The second-order valence-corrected chi connectivity index (χ2v) is 2.92. The van der Waals surface area contributed by atoms with E-state index in [1.165, 1.54) is 0 Å². The monoisotopic (exact) mass is 237 g/mol. The van der Waals surface area contributed by atoms with Gasteiger partial charge in [-0.25, -0.2) is 0 Å². The third-order valence-electron chi connectivity index (χ3n) is 1.07. The fourth-order valence-electron chi connectivity index (χ4n) is 0.520. The summed E-state index contributed by atoms with van der Waals surface area (Å²) in [6.45, 7) is 0. The van der Waals surface area contributed by atoms with Crippen molar-refractivity contribution in [2.45, 2.75) is 6.04 Å². The Bertz CT molecular complexity index is 357. The molecule has 0 spiro atoms. The molecule has 1 N–H and O–H groups in total. The zero-order valence-electron chi connectivity index (χ0n) is 6.25. The summed E-state index contributed by atoms with van der Waals surface area (Å²) in [7, 11) is -1.01. The molecule has 0 rings (SSSR count). The Morgan fingerprint density at radius 3 is 2.15 bits per heavy atom. The molecule has 0 aliphatic carbocycles. The number of rotatable bonds is 3. The summed E-state index contributed by atoms with van der Waals surface area (Å²) < 4.78 is 20.2. The minimum absolute atomic E-state index is 0.0274. The molecule has 0 heterocycles.